The van der Waals surface area contributed by atoms with E-state index in [1.807, 2.05) is 0 Å². The minimum absolute atomic E-state index is 0.0324. The van der Waals surface area contributed by atoms with Crippen molar-refractivity contribution in [1.82, 2.24) is 0 Å². The van der Waals surface area contributed by atoms with Crippen molar-refractivity contribution in [2.45, 2.75) is 25.7 Å². The lowest BCUT2D eigenvalue weighted by Crippen LogP contribution is -2.29. The molecule has 1 aliphatic carbocycles. The van der Waals surface area contributed by atoms with E-state index in [1.54, 1.807) is 0 Å². The predicted octanol–water partition coefficient (Wildman–Crippen LogP) is 2.42. The smallest absolute Gasteiger partial charge is 0.306 e. The fourth-order valence-corrected chi connectivity index (χ4v) is 2.51. The van der Waals surface area contributed by atoms with Gasteiger partial charge in [0.25, 0.3) is 5.69 Å². The van der Waals surface area contributed by atoms with Crippen LogP contribution in [0.3, 0.4) is 0 Å². The molecule has 0 unspecified atom stereocenters. The van der Waals surface area contributed by atoms with Gasteiger partial charge in [0.05, 0.1) is 10.8 Å². The van der Waals surface area contributed by atoms with Gasteiger partial charge in [-0.15, -0.1) is 0 Å². The second kappa shape index (κ2) is 6.34. The van der Waals surface area contributed by atoms with E-state index in [-0.39, 0.29) is 23.4 Å². The first-order valence-corrected chi connectivity index (χ1v) is 6.75. The minimum atomic E-state index is -0.802. The standard InChI is InChI=1S/C14H16N2O5/c17-13(9-1-3-10(4-2-9)14(18)19)15-11-5-7-12(8-6-11)16(20)21/h5-10H,1-4H2,(H,15,17)(H,18,19). The zero-order chi connectivity index (χ0) is 15.4. The Kier molecular flexibility index (Phi) is 4.52. The van der Waals surface area contributed by atoms with Crippen molar-refractivity contribution in [2.75, 3.05) is 5.32 Å². The summed E-state index contributed by atoms with van der Waals surface area (Å²) in [6.45, 7) is 0. The SMILES string of the molecule is O=C(O)C1CCC(C(=O)Nc2ccc([N+](=O)[O-])cc2)CC1. The Balaban J connectivity index is 1.90. The molecule has 112 valence electrons. The first-order chi connectivity index (χ1) is 9.97. The van der Waals surface area contributed by atoms with Gasteiger partial charge in [0.1, 0.15) is 0 Å². The number of carboxylic acid groups (broad SMARTS) is 1. The Bertz CT molecular complexity index is 547. The van der Waals surface area contributed by atoms with Gasteiger partial charge in [0, 0.05) is 23.7 Å². The van der Waals surface area contributed by atoms with E-state index >= 15 is 0 Å². The monoisotopic (exact) mass is 292 g/mol. The van der Waals surface area contributed by atoms with Crippen LogP contribution in [0, 0.1) is 22.0 Å². The van der Waals surface area contributed by atoms with E-state index in [0.29, 0.717) is 31.4 Å². The minimum Gasteiger partial charge on any atom is -0.481 e. The topological polar surface area (TPSA) is 110 Å². The second-order valence-corrected chi connectivity index (χ2v) is 5.18. The second-order valence-electron chi connectivity index (χ2n) is 5.18. The highest BCUT2D eigenvalue weighted by atomic mass is 16.6. The number of anilines is 1. The molecule has 1 aliphatic rings. The Morgan fingerprint density at radius 2 is 1.62 bits per heavy atom. The Hall–Kier alpha value is -2.44. The van der Waals surface area contributed by atoms with E-state index in [0.717, 1.165) is 0 Å². The van der Waals surface area contributed by atoms with Crippen molar-refractivity contribution >= 4 is 23.3 Å². The lowest BCUT2D eigenvalue weighted by atomic mass is 9.81. The summed E-state index contributed by atoms with van der Waals surface area (Å²) in [6.07, 6.45) is 2.12. The van der Waals surface area contributed by atoms with Gasteiger partial charge in [0.15, 0.2) is 0 Å². The molecule has 0 atom stereocenters. The van der Waals surface area contributed by atoms with Crippen LogP contribution in [-0.4, -0.2) is 21.9 Å². The summed E-state index contributed by atoms with van der Waals surface area (Å²) in [5, 5.41) is 22.2. The van der Waals surface area contributed by atoms with Crippen molar-refractivity contribution in [3.05, 3.63) is 34.4 Å². The first-order valence-electron chi connectivity index (χ1n) is 6.75. The van der Waals surface area contributed by atoms with Crippen LogP contribution >= 0.6 is 0 Å². The zero-order valence-electron chi connectivity index (χ0n) is 11.3. The van der Waals surface area contributed by atoms with Crippen LogP contribution in [0.25, 0.3) is 0 Å². The van der Waals surface area contributed by atoms with E-state index in [9.17, 15) is 19.7 Å². The van der Waals surface area contributed by atoms with E-state index < -0.39 is 10.9 Å². The average molecular weight is 292 g/mol. The highest BCUT2D eigenvalue weighted by molar-refractivity contribution is 5.92. The average Bonchev–Trinajstić information content (AvgIpc) is 2.47. The highest BCUT2D eigenvalue weighted by Crippen LogP contribution is 2.30. The molecule has 21 heavy (non-hydrogen) atoms. The van der Waals surface area contributed by atoms with Gasteiger partial charge in [-0.3, -0.25) is 19.7 Å². The third-order valence-corrected chi connectivity index (χ3v) is 3.79. The first kappa shape index (κ1) is 15.0. The molecule has 1 amide bonds. The molecule has 0 spiro atoms. The number of carboxylic acids is 1. The number of benzene rings is 1. The summed E-state index contributed by atoms with van der Waals surface area (Å²) in [4.78, 5) is 33.0. The van der Waals surface area contributed by atoms with E-state index in [2.05, 4.69) is 5.32 Å². The highest BCUT2D eigenvalue weighted by Gasteiger charge is 2.29. The summed E-state index contributed by atoms with van der Waals surface area (Å²) in [6, 6.07) is 5.63. The number of carbonyl (C=O) groups excluding carboxylic acids is 1. The molecule has 1 saturated carbocycles. The molecule has 7 nitrogen and oxygen atoms in total. The largest absolute Gasteiger partial charge is 0.481 e. The van der Waals surface area contributed by atoms with Gasteiger partial charge in [-0.25, -0.2) is 0 Å². The van der Waals surface area contributed by atoms with Gasteiger partial charge >= 0.3 is 5.97 Å². The quantitative estimate of drug-likeness (QED) is 0.654. The van der Waals surface area contributed by atoms with Crippen molar-refractivity contribution in [2.24, 2.45) is 11.8 Å². The van der Waals surface area contributed by atoms with Crippen molar-refractivity contribution in [3.8, 4) is 0 Å². The maximum absolute atomic E-state index is 12.1. The van der Waals surface area contributed by atoms with Gasteiger partial charge in [-0.2, -0.15) is 0 Å². The molecular formula is C14H16N2O5. The van der Waals surface area contributed by atoms with Gasteiger partial charge < -0.3 is 10.4 Å². The Labute approximate surface area is 121 Å². The van der Waals surface area contributed by atoms with Crippen LogP contribution in [-0.2, 0) is 9.59 Å². The third kappa shape index (κ3) is 3.77. The number of nitro benzene ring substituents is 1. The molecule has 0 saturated heterocycles. The number of nitrogens with one attached hydrogen (secondary N) is 1. The zero-order valence-corrected chi connectivity index (χ0v) is 11.3. The van der Waals surface area contributed by atoms with Crippen LogP contribution in [0.5, 0.6) is 0 Å². The maximum atomic E-state index is 12.1. The van der Waals surface area contributed by atoms with Gasteiger partial charge in [-0.05, 0) is 37.8 Å². The van der Waals surface area contributed by atoms with E-state index in [1.165, 1.54) is 24.3 Å². The molecule has 0 aliphatic heterocycles. The number of aliphatic carboxylic acids is 1. The summed E-state index contributed by atoms with van der Waals surface area (Å²) in [5.74, 6) is -1.51. The van der Waals surface area contributed by atoms with Crippen LogP contribution in [0.2, 0.25) is 0 Å². The molecule has 2 N–H and O–H groups in total. The maximum Gasteiger partial charge on any atom is 0.306 e. The summed E-state index contributed by atoms with van der Waals surface area (Å²) in [5.41, 5.74) is 0.473. The Morgan fingerprint density at radius 1 is 1.10 bits per heavy atom. The number of non-ortho nitro benzene ring substituents is 1. The normalized spacial score (nSPS) is 21.5. The molecular weight excluding hydrogens is 276 g/mol. The van der Waals surface area contributed by atoms with Crippen LogP contribution in [0.15, 0.2) is 24.3 Å². The predicted molar refractivity (Wildman–Crippen MR) is 74.8 cm³/mol. The number of nitro groups is 1. The molecule has 2 rings (SSSR count). The molecule has 1 aromatic carbocycles. The number of hydrogen-bond donors (Lipinski definition) is 2. The number of amides is 1. The van der Waals surface area contributed by atoms with Crippen LogP contribution < -0.4 is 5.32 Å². The van der Waals surface area contributed by atoms with Gasteiger partial charge in [-0.1, -0.05) is 0 Å². The number of rotatable bonds is 4. The van der Waals surface area contributed by atoms with Crippen LogP contribution in [0.4, 0.5) is 11.4 Å². The van der Waals surface area contributed by atoms with E-state index in [4.69, 9.17) is 5.11 Å². The van der Waals surface area contributed by atoms with Gasteiger partial charge in [0.2, 0.25) is 5.91 Å². The van der Waals surface area contributed by atoms with Crippen molar-refractivity contribution < 1.29 is 19.6 Å². The fourth-order valence-electron chi connectivity index (χ4n) is 2.51. The lowest BCUT2D eigenvalue weighted by molar-refractivity contribution is -0.384. The molecule has 7 heteroatoms. The Morgan fingerprint density at radius 3 is 2.10 bits per heavy atom. The molecule has 0 heterocycles. The molecule has 1 aromatic rings. The molecule has 0 radical (unpaired) electrons. The third-order valence-electron chi connectivity index (χ3n) is 3.79. The fraction of sp³-hybridized carbons (Fsp3) is 0.429. The molecule has 0 bridgehead atoms. The van der Waals surface area contributed by atoms with Crippen molar-refractivity contribution in [1.29, 1.82) is 0 Å². The number of hydrogen-bond acceptors (Lipinski definition) is 4. The molecule has 1 fully saturated rings. The number of carbonyl (C=O) groups is 2. The lowest BCUT2D eigenvalue weighted by Gasteiger charge is -2.25. The summed E-state index contributed by atoms with van der Waals surface area (Å²) < 4.78 is 0. The van der Waals surface area contributed by atoms with Crippen LogP contribution in [0.1, 0.15) is 25.7 Å². The summed E-state index contributed by atoms with van der Waals surface area (Å²) in [7, 11) is 0. The summed E-state index contributed by atoms with van der Waals surface area (Å²) >= 11 is 0. The molecule has 0 aromatic heterocycles. The van der Waals surface area contributed by atoms with Crippen molar-refractivity contribution in [3.63, 3.8) is 0 Å². The number of nitrogens with zero attached hydrogens (tertiary/aromatic N) is 1.